The van der Waals surface area contributed by atoms with Crippen LogP contribution in [0.4, 0.5) is 0 Å². The molecule has 1 aromatic rings. The summed E-state index contributed by atoms with van der Waals surface area (Å²) in [5.41, 5.74) is -0.227. The van der Waals surface area contributed by atoms with Crippen LogP contribution in [0.5, 0.6) is 0 Å². The maximum Gasteiger partial charge on any atom is 0.344 e. The SMILES string of the molecule is CCC(C1CCCCC1)n1c(SCC(=O)O)n[nH]c1=O. The molecule has 0 spiro atoms. The molecule has 112 valence electrons. The van der Waals surface area contributed by atoms with Crippen molar-refractivity contribution in [3.63, 3.8) is 0 Å². The lowest BCUT2D eigenvalue weighted by Gasteiger charge is -2.30. The van der Waals surface area contributed by atoms with Gasteiger partial charge in [-0.05, 0) is 25.2 Å². The normalized spacial score (nSPS) is 18.1. The molecular weight excluding hydrogens is 278 g/mol. The molecule has 2 N–H and O–H groups in total. The second-order valence-electron chi connectivity index (χ2n) is 5.24. The summed E-state index contributed by atoms with van der Waals surface area (Å²) >= 11 is 1.10. The van der Waals surface area contributed by atoms with Gasteiger partial charge in [0.2, 0.25) is 0 Å². The summed E-state index contributed by atoms with van der Waals surface area (Å²) in [6.45, 7) is 2.07. The molecule has 2 rings (SSSR count). The average Bonchev–Trinajstić information content (AvgIpc) is 2.80. The zero-order valence-corrected chi connectivity index (χ0v) is 12.5. The van der Waals surface area contributed by atoms with Gasteiger partial charge in [-0.15, -0.1) is 5.10 Å². The lowest BCUT2D eigenvalue weighted by Crippen LogP contribution is -2.29. The van der Waals surface area contributed by atoms with Crippen LogP contribution in [-0.4, -0.2) is 31.6 Å². The van der Waals surface area contributed by atoms with Crippen molar-refractivity contribution in [1.29, 1.82) is 0 Å². The van der Waals surface area contributed by atoms with E-state index >= 15 is 0 Å². The van der Waals surface area contributed by atoms with Crippen LogP contribution in [0.25, 0.3) is 0 Å². The number of rotatable bonds is 6. The van der Waals surface area contributed by atoms with Crippen molar-refractivity contribution >= 4 is 17.7 Å². The Hall–Kier alpha value is -1.24. The Morgan fingerprint density at radius 2 is 2.20 bits per heavy atom. The fourth-order valence-electron chi connectivity index (χ4n) is 3.06. The van der Waals surface area contributed by atoms with E-state index in [0.717, 1.165) is 31.0 Å². The topological polar surface area (TPSA) is 88.0 Å². The number of carboxylic acids is 1. The highest BCUT2D eigenvalue weighted by atomic mass is 32.2. The average molecular weight is 299 g/mol. The van der Waals surface area contributed by atoms with Gasteiger partial charge >= 0.3 is 11.7 Å². The monoisotopic (exact) mass is 299 g/mol. The van der Waals surface area contributed by atoms with Gasteiger partial charge in [-0.2, -0.15) is 0 Å². The Labute approximate surface area is 122 Å². The molecule has 1 aliphatic rings. The smallest absolute Gasteiger partial charge is 0.344 e. The minimum absolute atomic E-state index is 0.0780. The molecule has 0 bridgehead atoms. The molecule has 1 fully saturated rings. The van der Waals surface area contributed by atoms with E-state index in [9.17, 15) is 9.59 Å². The number of hydrogen-bond acceptors (Lipinski definition) is 4. The predicted octanol–water partition coefficient (Wildman–Crippen LogP) is 2.28. The van der Waals surface area contributed by atoms with E-state index in [1.54, 1.807) is 4.57 Å². The molecule has 20 heavy (non-hydrogen) atoms. The second-order valence-corrected chi connectivity index (χ2v) is 6.18. The van der Waals surface area contributed by atoms with Crippen LogP contribution in [0.1, 0.15) is 51.5 Å². The molecule has 7 heteroatoms. The van der Waals surface area contributed by atoms with Gasteiger partial charge in [0.1, 0.15) is 0 Å². The first-order valence-electron chi connectivity index (χ1n) is 7.15. The minimum Gasteiger partial charge on any atom is -0.481 e. The number of carboxylic acid groups (broad SMARTS) is 1. The molecule has 0 amide bonds. The van der Waals surface area contributed by atoms with Crippen LogP contribution in [0.15, 0.2) is 9.95 Å². The van der Waals surface area contributed by atoms with E-state index in [-0.39, 0.29) is 17.5 Å². The number of carbonyl (C=O) groups is 1. The first-order valence-corrected chi connectivity index (χ1v) is 8.13. The van der Waals surface area contributed by atoms with Crippen molar-refractivity contribution in [1.82, 2.24) is 14.8 Å². The van der Waals surface area contributed by atoms with Gasteiger partial charge in [-0.25, -0.2) is 9.89 Å². The molecule has 6 nitrogen and oxygen atoms in total. The van der Waals surface area contributed by atoms with Crippen LogP contribution < -0.4 is 5.69 Å². The van der Waals surface area contributed by atoms with Crippen molar-refractivity contribution in [2.75, 3.05) is 5.75 Å². The number of hydrogen-bond donors (Lipinski definition) is 2. The van der Waals surface area contributed by atoms with E-state index in [2.05, 4.69) is 17.1 Å². The zero-order valence-electron chi connectivity index (χ0n) is 11.7. The Balaban J connectivity index is 2.21. The maximum atomic E-state index is 12.0. The molecule has 0 radical (unpaired) electrons. The predicted molar refractivity (Wildman–Crippen MR) is 77.1 cm³/mol. The fourth-order valence-corrected chi connectivity index (χ4v) is 3.78. The van der Waals surface area contributed by atoms with E-state index < -0.39 is 5.97 Å². The van der Waals surface area contributed by atoms with E-state index in [0.29, 0.717) is 11.1 Å². The number of nitrogens with one attached hydrogen (secondary N) is 1. The van der Waals surface area contributed by atoms with Crippen molar-refractivity contribution < 1.29 is 9.90 Å². The summed E-state index contributed by atoms with van der Waals surface area (Å²) in [7, 11) is 0. The van der Waals surface area contributed by atoms with E-state index in [1.807, 2.05) is 0 Å². The van der Waals surface area contributed by atoms with Crippen molar-refractivity contribution in [2.24, 2.45) is 5.92 Å². The zero-order chi connectivity index (χ0) is 14.5. The third-order valence-electron chi connectivity index (χ3n) is 3.94. The second kappa shape index (κ2) is 6.97. The van der Waals surface area contributed by atoms with Crippen molar-refractivity contribution in [3.05, 3.63) is 10.5 Å². The summed E-state index contributed by atoms with van der Waals surface area (Å²) < 4.78 is 1.67. The van der Waals surface area contributed by atoms with Crippen LogP contribution in [0, 0.1) is 5.92 Å². The number of thioether (sulfide) groups is 1. The highest BCUT2D eigenvalue weighted by Crippen LogP contribution is 2.35. The highest BCUT2D eigenvalue weighted by molar-refractivity contribution is 7.99. The van der Waals surface area contributed by atoms with Gasteiger partial charge in [-0.1, -0.05) is 37.9 Å². The summed E-state index contributed by atoms with van der Waals surface area (Å²) in [6, 6.07) is 0.123. The standard InChI is InChI=1S/C13H21N3O3S/c1-2-10(9-6-4-3-5-7-9)16-12(19)14-15-13(16)20-8-11(17)18/h9-10H,2-8H2,1H3,(H,14,19)(H,17,18). The van der Waals surface area contributed by atoms with Crippen molar-refractivity contribution in [3.8, 4) is 0 Å². The van der Waals surface area contributed by atoms with Crippen LogP contribution in [0.2, 0.25) is 0 Å². The number of aliphatic carboxylic acids is 1. The van der Waals surface area contributed by atoms with Gasteiger partial charge < -0.3 is 5.11 Å². The minimum atomic E-state index is -0.900. The first-order chi connectivity index (χ1) is 9.63. The van der Waals surface area contributed by atoms with Gasteiger partial charge in [0.25, 0.3) is 0 Å². The molecule has 1 aromatic heterocycles. The molecule has 1 heterocycles. The van der Waals surface area contributed by atoms with E-state index in [1.165, 1.54) is 19.3 Å². The number of aromatic amines is 1. The van der Waals surface area contributed by atoms with Crippen molar-refractivity contribution in [2.45, 2.75) is 56.6 Å². The Morgan fingerprint density at radius 3 is 2.80 bits per heavy atom. The van der Waals surface area contributed by atoms with Gasteiger partial charge in [0.05, 0.1) is 5.75 Å². The molecule has 1 unspecified atom stereocenters. The van der Waals surface area contributed by atoms with Gasteiger partial charge in [0.15, 0.2) is 5.16 Å². The lowest BCUT2D eigenvalue weighted by molar-refractivity contribution is -0.133. The Morgan fingerprint density at radius 1 is 1.50 bits per heavy atom. The Kier molecular flexibility index (Phi) is 5.28. The van der Waals surface area contributed by atoms with Crippen LogP contribution >= 0.6 is 11.8 Å². The molecule has 1 aliphatic carbocycles. The molecule has 0 aliphatic heterocycles. The number of aromatic nitrogens is 3. The first kappa shape index (κ1) is 15.2. The summed E-state index contributed by atoms with van der Waals surface area (Å²) in [5, 5.41) is 15.7. The molecule has 1 atom stereocenters. The van der Waals surface area contributed by atoms with Crippen LogP contribution in [-0.2, 0) is 4.79 Å². The fraction of sp³-hybridized carbons (Fsp3) is 0.769. The van der Waals surface area contributed by atoms with Gasteiger partial charge in [0, 0.05) is 6.04 Å². The molecule has 0 aromatic carbocycles. The Bertz CT molecular complexity index is 505. The summed E-state index contributed by atoms with van der Waals surface area (Å²) in [5.74, 6) is -0.485. The third kappa shape index (κ3) is 3.45. The van der Waals surface area contributed by atoms with Crippen LogP contribution in [0.3, 0.4) is 0 Å². The molecule has 0 saturated heterocycles. The largest absolute Gasteiger partial charge is 0.481 e. The molecule has 1 saturated carbocycles. The number of H-pyrrole nitrogens is 1. The van der Waals surface area contributed by atoms with E-state index in [4.69, 9.17) is 5.11 Å². The lowest BCUT2D eigenvalue weighted by atomic mass is 9.83. The van der Waals surface area contributed by atoms with Gasteiger partial charge in [-0.3, -0.25) is 9.36 Å². The molecular formula is C13H21N3O3S. The maximum absolute atomic E-state index is 12.0. The highest BCUT2D eigenvalue weighted by Gasteiger charge is 2.27. The third-order valence-corrected chi connectivity index (χ3v) is 4.88. The summed E-state index contributed by atoms with van der Waals surface area (Å²) in [6.07, 6.45) is 6.84. The number of nitrogens with zero attached hydrogens (tertiary/aromatic N) is 2. The quantitative estimate of drug-likeness (QED) is 0.787. The summed E-state index contributed by atoms with van der Waals surface area (Å²) in [4.78, 5) is 22.7.